The van der Waals surface area contributed by atoms with E-state index in [4.69, 9.17) is 28.4 Å². The van der Waals surface area contributed by atoms with Crippen molar-refractivity contribution in [1.29, 1.82) is 5.26 Å². The number of nitrogens with zero attached hydrogens (tertiary/aromatic N) is 2. The number of benzene rings is 2. The lowest BCUT2D eigenvalue weighted by Gasteiger charge is -2.28. The van der Waals surface area contributed by atoms with E-state index in [1.807, 2.05) is 0 Å². The molecule has 0 bridgehead atoms. The molecule has 1 N–H and O–H groups in total. The molecule has 0 saturated carbocycles. The fourth-order valence-corrected chi connectivity index (χ4v) is 4.22. The van der Waals surface area contributed by atoms with Crippen LogP contribution in [0.3, 0.4) is 0 Å². The Hall–Kier alpha value is -3.91. The summed E-state index contributed by atoms with van der Waals surface area (Å²) in [5.74, 6) is 2.08. The van der Waals surface area contributed by atoms with Crippen LogP contribution in [0, 0.1) is 21.4 Å². The molecule has 0 saturated heterocycles. The molecule has 11 heteroatoms. The number of nitro groups is 1. The van der Waals surface area contributed by atoms with Crippen molar-refractivity contribution in [3.63, 3.8) is 0 Å². The highest BCUT2D eigenvalue weighted by atomic mass is 16.6. The summed E-state index contributed by atoms with van der Waals surface area (Å²) in [7, 11) is 8.75. The fourth-order valence-electron chi connectivity index (χ4n) is 4.22. The summed E-state index contributed by atoms with van der Waals surface area (Å²) in [6.07, 6.45) is -1.30. The van der Waals surface area contributed by atoms with Gasteiger partial charge in [-0.3, -0.25) is 10.1 Å². The molecule has 0 spiro atoms. The third-order valence-corrected chi connectivity index (χ3v) is 6.38. The van der Waals surface area contributed by atoms with Crippen LogP contribution in [0.1, 0.15) is 30.9 Å². The number of ether oxygens (including phenoxy) is 6. The van der Waals surface area contributed by atoms with E-state index in [0.717, 1.165) is 0 Å². The van der Waals surface area contributed by atoms with E-state index in [0.29, 0.717) is 34.1 Å². The molecule has 0 fully saturated rings. The first-order valence-electron chi connectivity index (χ1n) is 11.5. The summed E-state index contributed by atoms with van der Waals surface area (Å²) in [5.41, 5.74) is -0.159. The minimum Gasteiger partial charge on any atom is -0.493 e. The van der Waals surface area contributed by atoms with Gasteiger partial charge in [0.1, 0.15) is 6.10 Å². The average molecular weight is 519 g/mol. The summed E-state index contributed by atoms with van der Waals surface area (Å²) in [4.78, 5) is 11.4. The van der Waals surface area contributed by atoms with Crippen molar-refractivity contribution in [2.75, 3.05) is 42.7 Å². The summed E-state index contributed by atoms with van der Waals surface area (Å²) < 4.78 is 32.4. The SMILES string of the molecule is COc1ccc(CC(C(O)CCC(C)(C#N)c2cc(OC)c(OC)c(OC)c2OC)[N+](=O)[O-])cc1OC. The van der Waals surface area contributed by atoms with Crippen LogP contribution in [-0.2, 0) is 11.8 Å². The first-order chi connectivity index (χ1) is 17.6. The van der Waals surface area contributed by atoms with Gasteiger partial charge >= 0.3 is 0 Å². The predicted octanol–water partition coefficient (Wildman–Crippen LogP) is 3.55. The molecule has 0 radical (unpaired) electrons. The molecule has 0 aliphatic rings. The minimum absolute atomic E-state index is 0.0250. The number of methoxy groups -OCH3 is 6. The lowest BCUT2D eigenvalue weighted by Crippen LogP contribution is -2.37. The molecule has 3 atom stereocenters. The van der Waals surface area contributed by atoms with Crippen LogP contribution in [0.15, 0.2) is 24.3 Å². The number of hydrogen-bond acceptors (Lipinski definition) is 10. The van der Waals surface area contributed by atoms with Crippen LogP contribution in [-0.4, -0.2) is 64.8 Å². The third kappa shape index (κ3) is 6.27. The number of aliphatic hydroxyl groups excluding tert-OH is 1. The van der Waals surface area contributed by atoms with E-state index in [1.165, 1.54) is 42.7 Å². The number of nitriles is 1. The van der Waals surface area contributed by atoms with Gasteiger partial charge < -0.3 is 33.5 Å². The highest BCUT2D eigenvalue weighted by Crippen LogP contribution is 2.50. The Morgan fingerprint density at radius 1 is 0.919 bits per heavy atom. The zero-order valence-electron chi connectivity index (χ0n) is 22.2. The van der Waals surface area contributed by atoms with Crippen molar-refractivity contribution >= 4 is 0 Å². The van der Waals surface area contributed by atoms with Crippen LogP contribution >= 0.6 is 0 Å². The number of hydrogen-bond donors (Lipinski definition) is 1. The van der Waals surface area contributed by atoms with Crippen LogP contribution in [0.4, 0.5) is 0 Å². The number of rotatable bonds is 14. The highest BCUT2D eigenvalue weighted by molar-refractivity contribution is 5.65. The third-order valence-electron chi connectivity index (χ3n) is 6.38. The molecule has 2 aromatic carbocycles. The molecule has 0 aliphatic heterocycles. The molecule has 2 aromatic rings. The zero-order valence-corrected chi connectivity index (χ0v) is 22.2. The van der Waals surface area contributed by atoms with Crippen LogP contribution in [0.2, 0.25) is 0 Å². The van der Waals surface area contributed by atoms with Crippen molar-refractivity contribution in [3.05, 3.63) is 45.5 Å². The summed E-state index contributed by atoms with van der Waals surface area (Å²) in [5, 5.41) is 32.9. The monoisotopic (exact) mass is 518 g/mol. The molecule has 3 unspecified atom stereocenters. The highest BCUT2D eigenvalue weighted by Gasteiger charge is 2.38. The molecule has 202 valence electrons. The lowest BCUT2D eigenvalue weighted by molar-refractivity contribution is -0.534. The van der Waals surface area contributed by atoms with Gasteiger partial charge in [-0.1, -0.05) is 6.07 Å². The lowest BCUT2D eigenvalue weighted by atomic mass is 9.77. The van der Waals surface area contributed by atoms with Gasteiger partial charge in [-0.25, -0.2) is 0 Å². The molecule has 0 aliphatic carbocycles. The Kier molecular flexibility index (Phi) is 10.2. The largest absolute Gasteiger partial charge is 0.493 e. The molecule has 11 nitrogen and oxygen atoms in total. The Balaban J connectivity index is 2.36. The standard InChI is InChI=1S/C26H34N2O9/c1-26(15-27,17-14-22(34-4)24(36-6)25(37-7)23(17)35-5)11-10-19(29)18(28(30)31)12-16-8-9-20(32-2)21(13-16)33-3/h8-9,13-14,18-19,29H,10-12H2,1-7H3. The maximum Gasteiger partial charge on any atom is 0.242 e. The minimum atomic E-state index is -1.33. The molecule has 2 rings (SSSR count). The number of aliphatic hydroxyl groups is 1. The Labute approximate surface area is 216 Å². The molecule has 0 heterocycles. The fraction of sp³-hybridized carbons (Fsp3) is 0.500. The maximum atomic E-state index is 11.9. The van der Waals surface area contributed by atoms with Gasteiger partial charge in [0.15, 0.2) is 23.0 Å². The smallest absolute Gasteiger partial charge is 0.242 e. The topological polar surface area (TPSA) is 143 Å². The molecular weight excluding hydrogens is 484 g/mol. The average Bonchev–Trinajstić information content (AvgIpc) is 2.92. The van der Waals surface area contributed by atoms with E-state index in [2.05, 4.69) is 6.07 Å². The maximum absolute atomic E-state index is 11.9. The van der Waals surface area contributed by atoms with Gasteiger partial charge in [0, 0.05) is 16.9 Å². The summed E-state index contributed by atoms with van der Waals surface area (Å²) in [6.45, 7) is 1.67. The molecule has 0 aromatic heterocycles. The summed E-state index contributed by atoms with van der Waals surface area (Å²) in [6, 6.07) is 7.56. The van der Waals surface area contributed by atoms with Gasteiger partial charge in [0.2, 0.25) is 17.5 Å². The van der Waals surface area contributed by atoms with E-state index in [-0.39, 0.29) is 30.8 Å². The summed E-state index contributed by atoms with van der Waals surface area (Å²) >= 11 is 0. The van der Waals surface area contributed by atoms with E-state index < -0.39 is 22.5 Å². The van der Waals surface area contributed by atoms with E-state index in [9.17, 15) is 20.5 Å². The molecule has 37 heavy (non-hydrogen) atoms. The zero-order chi connectivity index (χ0) is 27.8. The second kappa shape index (κ2) is 12.9. The van der Waals surface area contributed by atoms with Gasteiger partial charge in [0.05, 0.1) is 54.1 Å². The second-order valence-corrected chi connectivity index (χ2v) is 8.52. The second-order valence-electron chi connectivity index (χ2n) is 8.52. The van der Waals surface area contributed by atoms with Crippen molar-refractivity contribution in [2.45, 2.75) is 43.7 Å². The predicted molar refractivity (Wildman–Crippen MR) is 135 cm³/mol. The van der Waals surface area contributed by atoms with Crippen LogP contribution < -0.4 is 28.4 Å². The Morgan fingerprint density at radius 2 is 1.51 bits per heavy atom. The first-order valence-corrected chi connectivity index (χ1v) is 11.5. The van der Waals surface area contributed by atoms with Gasteiger partial charge in [-0.15, -0.1) is 0 Å². The van der Waals surface area contributed by atoms with Crippen molar-refractivity contribution < 1.29 is 38.5 Å². The normalized spacial score (nSPS) is 13.9. The van der Waals surface area contributed by atoms with Crippen molar-refractivity contribution in [2.24, 2.45) is 0 Å². The first kappa shape index (κ1) is 29.3. The van der Waals surface area contributed by atoms with Crippen molar-refractivity contribution in [1.82, 2.24) is 0 Å². The van der Waals surface area contributed by atoms with E-state index in [1.54, 1.807) is 31.2 Å². The van der Waals surface area contributed by atoms with Crippen molar-refractivity contribution in [3.8, 4) is 40.6 Å². The van der Waals surface area contributed by atoms with E-state index >= 15 is 0 Å². The van der Waals surface area contributed by atoms with Gasteiger partial charge in [-0.05, 0) is 43.5 Å². The Bertz CT molecular complexity index is 1130. The van der Waals surface area contributed by atoms with Crippen LogP contribution in [0.25, 0.3) is 0 Å². The van der Waals surface area contributed by atoms with Gasteiger partial charge in [-0.2, -0.15) is 5.26 Å². The Morgan fingerprint density at radius 3 is 2.00 bits per heavy atom. The molecule has 0 amide bonds. The van der Waals surface area contributed by atoms with Crippen LogP contribution in [0.5, 0.6) is 34.5 Å². The van der Waals surface area contributed by atoms with Gasteiger partial charge in [0.25, 0.3) is 0 Å². The molecular formula is C26H34N2O9. The quantitative estimate of drug-likeness (QED) is 0.291.